The standard InChI is InChI=1S/C20H27FN2O5S/c1-14(23-8-9-28-19-12-17(21)6-7-18(19)27-3)10-15-4-5-16(13-26-2)20(11-15)29(22,24)25/h4-7,11-12,14,23H,8-10,13H2,1-3H3,(H2,22,24,25). The Morgan fingerprint density at radius 1 is 1.14 bits per heavy atom. The molecule has 3 N–H and O–H groups in total. The lowest BCUT2D eigenvalue weighted by Crippen LogP contribution is -2.32. The number of rotatable bonds is 11. The van der Waals surface area contributed by atoms with Crippen LogP contribution in [0.15, 0.2) is 41.3 Å². The van der Waals surface area contributed by atoms with Crippen molar-refractivity contribution in [1.82, 2.24) is 5.32 Å². The zero-order valence-electron chi connectivity index (χ0n) is 16.8. The van der Waals surface area contributed by atoms with E-state index < -0.39 is 15.8 Å². The highest BCUT2D eigenvalue weighted by atomic mass is 32.2. The van der Waals surface area contributed by atoms with Crippen LogP contribution in [0, 0.1) is 5.82 Å². The Morgan fingerprint density at radius 2 is 1.90 bits per heavy atom. The van der Waals surface area contributed by atoms with Crippen LogP contribution in [-0.4, -0.2) is 41.8 Å². The summed E-state index contributed by atoms with van der Waals surface area (Å²) in [6, 6.07) is 9.29. The number of nitrogens with one attached hydrogen (secondary N) is 1. The Balaban J connectivity index is 1.91. The molecule has 0 saturated carbocycles. The number of nitrogens with two attached hydrogens (primary N) is 1. The summed E-state index contributed by atoms with van der Waals surface area (Å²) in [5, 5.41) is 8.61. The average Bonchev–Trinajstić information content (AvgIpc) is 2.66. The predicted molar refractivity (Wildman–Crippen MR) is 108 cm³/mol. The van der Waals surface area contributed by atoms with Gasteiger partial charge in [0.1, 0.15) is 12.4 Å². The molecule has 2 rings (SSSR count). The molecule has 9 heteroatoms. The van der Waals surface area contributed by atoms with Crippen LogP contribution in [0.2, 0.25) is 0 Å². The summed E-state index contributed by atoms with van der Waals surface area (Å²) in [5.41, 5.74) is 1.36. The largest absolute Gasteiger partial charge is 0.493 e. The lowest BCUT2D eigenvalue weighted by Gasteiger charge is -2.16. The second-order valence-corrected chi connectivity index (χ2v) is 8.15. The molecule has 0 fully saturated rings. The Bertz CT molecular complexity index is 921. The number of methoxy groups -OCH3 is 2. The summed E-state index contributed by atoms with van der Waals surface area (Å²) in [6.45, 7) is 2.98. The first-order chi connectivity index (χ1) is 13.7. The summed E-state index contributed by atoms with van der Waals surface area (Å²) in [5.74, 6) is 0.407. The molecule has 0 aromatic heterocycles. The molecule has 2 aromatic carbocycles. The van der Waals surface area contributed by atoms with E-state index in [9.17, 15) is 12.8 Å². The van der Waals surface area contributed by atoms with Crippen molar-refractivity contribution in [2.75, 3.05) is 27.4 Å². The van der Waals surface area contributed by atoms with Crippen LogP contribution >= 0.6 is 0 Å². The van der Waals surface area contributed by atoms with Crippen molar-refractivity contribution in [1.29, 1.82) is 0 Å². The topological polar surface area (TPSA) is 99.9 Å². The van der Waals surface area contributed by atoms with Crippen LogP contribution in [0.3, 0.4) is 0 Å². The fraction of sp³-hybridized carbons (Fsp3) is 0.400. The number of sulfonamides is 1. The highest BCUT2D eigenvalue weighted by Crippen LogP contribution is 2.27. The van der Waals surface area contributed by atoms with Gasteiger partial charge in [-0.25, -0.2) is 17.9 Å². The van der Waals surface area contributed by atoms with E-state index in [0.29, 0.717) is 36.6 Å². The zero-order valence-corrected chi connectivity index (χ0v) is 17.6. The van der Waals surface area contributed by atoms with Crippen molar-refractivity contribution >= 4 is 10.0 Å². The molecule has 1 atom stereocenters. The van der Waals surface area contributed by atoms with Gasteiger partial charge in [-0.3, -0.25) is 0 Å². The molecule has 0 amide bonds. The Morgan fingerprint density at radius 3 is 2.55 bits per heavy atom. The van der Waals surface area contributed by atoms with Crippen molar-refractivity contribution in [3.63, 3.8) is 0 Å². The first-order valence-electron chi connectivity index (χ1n) is 9.08. The minimum Gasteiger partial charge on any atom is -0.493 e. The quantitative estimate of drug-likeness (QED) is 0.535. The molecule has 1 unspecified atom stereocenters. The lowest BCUT2D eigenvalue weighted by molar-refractivity contribution is 0.182. The molecule has 0 saturated heterocycles. The van der Waals surface area contributed by atoms with Crippen molar-refractivity contribution in [2.24, 2.45) is 5.14 Å². The van der Waals surface area contributed by atoms with Crippen molar-refractivity contribution in [2.45, 2.75) is 30.9 Å². The smallest absolute Gasteiger partial charge is 0.238 e. The molecule has 0 spiro atoms. The van der Waals surface area contributed by atoms with E-state index in [1.807, 2.05) is 13.0 Å². The first kappa shape index (κ1) is 23.1. The minimum absolute atomic E-state index is 0.0506. The monoisotopic (exact) mass is 426 g/mol. The number of halogens is 1. The lowest BCUT2D eigenvalue weighted by atomic mass is 10.1. The van der Waals surface area contributed by atoms with Crippen LogP contribution in [-0.2, 0) is 27.8 Å². The van der Waals surface area contributed by atoms with E-state index in [2.05, 4.69) is 5.32 Å². The van der Waals surface area contributed by atoms with Crippen LogP contribution in [0.5, 0.6) is 11.5 Å². The maximum Gasteiger partial charge on any atom is 0.238 e. The van der Waals surface area contributed by atoms with E-state index in [-0.39, 0.29) is 17.5 Å². The maximum atomic E-state index is 13.3. The van der Waals surface area contributed by atoms with E-state index in [4.69, 9.17) is 19.3 Å². The number of benzene rings is 2. The summed E-state index contributed by atoms with van der Waals surface area (Å²) >= 11 is 0. The highest BCUT2D eigenvalue weighted by Gasteiger charge is 2.15. The van der Waals surface area contributed by atoms with Crippen LogP contribution < -0.4 is 19.9 Å². The fourth-order valence-corrected chi connectivity index (χ4v) is 3.73. The van der Waals surface area contributed by atoms with E-state index in [1.165, 1.54) is 32.4 Å². The average molecular weight is 427 g/mol. The summed E-state index contributed by atoms with van der Waals surface area (Å²) in [6.07, 6.45) is 0.596. The van der Waals surface area contributed by atoms with Crippen LogP contribution in [0.25, 0.3) is 0 Å². The summed E-state index contributed by atoms with van der Waals surface area (Å²) < 4.78 is 52.8. The van der Waals surface area contributed by atoms with E-state index >= 15 is 0 Å². The number of hydrogen-bond acceptors (Lipinski definition) is 6. The molecule has 0 aliphatic heterocycles. The highest BCUT2D eigenvalue weighted by molar-refractivity contribution is 7.89. The van der Waals surface area contributed by atoms with E-state index in [1.54, 1.807) is 12.1 Å². The molecule has 0 bridgehead atoms. The van der Waals surface area contributed by atoms with Crippen molar-refractivity contribution in [3.8, 4) is 11.5 Å². The Hall–Kier alpha value is -2.20. The van der Waals surface area contributed by atoms with Crippen molar-refractivity contribution < 1.29 is 27.0 Å². The van der Waals surface area contributed by atoms with Gasteiger partial charge in [0.25, 0.3) is 0 Å². The van der Waals surface area contributed by atoms with Gasteiger partial charge in [0, 0.05) is 25.8 Å². The third-order valence-corrected chi connectivity index (χ3v) is 5.25. The SMILES string of the molecule is COCc1ccc(CC(C)NCCOc2cc(F)ccc2OC)cc1S(N)(=O)=O. The molecule has 0 aliphatic rings. The first-order valence-corrected chi connectivity index (χ1v) is 10.6. The molecular weight excluding hydrogens is 399 g/mol. The molecular formula is C20H27FN2O5S. The van der Waals surface area contributed by atoms with Gasteiger partial charge < -0.3 is 19.5 Å². The molecule has 160 valence electrons. The molecule has 7 nitrogen and oxygen atoms in total. The van der Waals surface area contributed by atoms with Gasteiger partial charge in [-0.05, 0) is 42.7 Å². The van der Waals surface area contributed by atoms with Gasteiger partial charge in [-0.1, -0.05) is 12.1 Å². The predicted octanol–water partition coefficient (Wildman–Crippen LogP) is 2.23. The molecule has 0 radical (unpaired) electrons. The molecule has 0 aliphatic carbocycles. The fourth-order valence-electron chi connectivity index (χ4n) is 2.92. The van der Waals surface area contributed by atoms with Crippen LogP contribution in [0.1, 0.15) is 18.1 Å². The minimum atomic E-state index is -3.84. The number of hydrogen-bond donors (Lipinski definition) is 2. The summed E-state index contributed by atoms with van der Waals surface area (Å²) in [7, 11) is -0.850. The molecule has 0 heterocycles. The van der Waals surface area contributed by atoms with Crippen LogP contribution in [0.4, 0.5) is 4.39 Å². The normalized spacial score (nSPS) is 12.6. The van der Waals surface area contributed by atoms with Crippen molar-refractivity contribution in [3.05, 3.63) is 53.3 Å². The van der Waals surface area contributed by atoms with Gasteiger partial charge in [0.2, 0.25) is 10.0 Å². The third-order valence-electron chi connectivity index (χ3n) is 4.26. The molecule has 2 aromatic rings. The Kier molecular flexibility index (Phi) is 8.39. The summed E-state index contributed by atoms with van der Waals surface area (Å²) in [4.78, 5) is 0.0746. The second-order valence-electron chi connectivity index (χ2n) is 6.62. The van der Waals surface area contributed by atoms with Gasteiger partial charge in [-0.2, -0.15) is 0 Å². The van der Waals surface area contributed by atoms with Gasteiger partial charge in [0.05, 0.1) is 18.6 Å². The van der Waals surface area contributed by atoms with Gasteiger partial charge >= 0.3 is 0 Å². The van der Waals surface area contributed by atoms with E-state index in [0.717, 1.165) is 5.56 Å². The number of primary sulfonamides is 1. The second kappa shape index (κ2) is 10.5. The molecule has 29 heavy (non-hydrogen) atoms. The Labute approximate surface area is 171 Å². The van der Waals surface area contributed by atoms with Gasteiger partial charge in [0.15, 0.2) is 11.5 Å². The zero-order chi connectivity index (χ0) is 21.4. The third kappa shape index (κ3) is 6.97. The van der Waals surface area contributed by atoms with Gasteiger partial charge in [-0.15, -0.1) is 0 Å². The number of ether oxygens (including phenoxy) is 3. The maximum absolute atomic E-state index is 13.3.